The number of amides is 1. The Kier molecular flexibility index (Phi) is 8.05. The van der Waals surface area contributed by atoms with Crippen LogP contribution in [0.25, 0.3) is 6.08 Å². The summed E-state index contributed by atoms with van der Waals surface area (Å²) in [6.45, 7) is 4.68. The van der Waals surface area contributed by atoms with E-state index in [0.29, 0.717) is 18.9 Å². The van der Waals surface area contributed by atoms with Crippen LogP contribution in [-0.4, -0.2) is 24.5 Å². The third-order valence-electron chi connectivity index (χ3n) is 5.18. The molecule has 0 bridgehead atoms. The van der Waals surface area contributed by atoms with Gasteiger partial charge in [-0.2, -0.15) is 0 Å². The van der Waals surface area contributed by atoms with Crippen molar-refractivity contribution in [3.05, 3.63) is 108 Å². The van der Waals surface area contributed by atoms with Crippen LogP contribution in [0.4, 0.5) is 0 Å². The number of hydrogen-bond donors (Lipinski definition) is 0. The highest BCUT2D eigenvalue weighted by atomic mass is 16.5. The molecule has 3 aromatic carbocycles. The van der Waals surface area contributed by atoms with E-state index >= 15 is 0 Å². The molecule has 0 spiro atoms. The molecule has 0 N–H and O–H groups in total. The van der Waals surface area contributed by atoms with Gasteiger partial charge in [0.1, 0.15) is 5.75 Å². The molecule has 31 heavy (non-hydrogen) atoms. The average molecular weight is 414 g/mol. The monoisotopic (exact) mass is 413 g/mol. The Labute approximate surface area is 186 Å². The van der Waals surface area contributed by atoms with Crippen molar-refractivity contribution in [2.75, 3.05) is 13.7 Å². The number of methoxy groups -OCH3 is 1. The Morgan fingerprint density at radius 2 is 1.42 bits per heavy atom. The van der Waals surface area contributed by atoms with E-state index in [1.54, 1.807) is 7.11 Å². The molecular weight excluding hydrogens is 382 g/mol. The summed E-state index contributed by atoms with van der Waals surface area (Å²) in [5.74, 6) is 1.26. The van der Waals surface area contributed by atoms with Crippen molar-refractivity contribution < 1.29 is 9.53 Å². The van der Waals surface area contributed by atoms with Gasteiger partial charge in [-0.1, -0.05) is 105 Å². The fraction of sp³-hybridized carbons (Fsp3) is 0.250. The molecule has 0 radical (unpaired) electrons. The second kappa shape index (κ2) is 11.2. The summed E-state index contributed by atoms with van der Waals surface area (Å²) >= 11 is 0. The molecule has 3 heteroatoms. The van der Waals surface area contributed by atoms with Gasteiger partial charge in [-0.15, -0.1) is 0 Å². The molecule has 0 heterocycles. The van der Waals surface area contributed by atoms with Gasteiger partial charge in [-0.05, 0) is 23.1 Å². The van der Waals surface area contributed by atoms with E-state index in [0.717, 1.165) is 22.4 Å². The molecule has 1 amide bonds. The number of carbonyl (C=O) groups excluding carboxylic acids is 1. The second-order valence-corrected chi connectivity index (χ2v) is 8.01. The molecular formula is C28H31NO2. The third-order valence-corrected chi connectivity index (χ3v) is 5.18. The molecule has 0 aliphatic heterocycles. The highest BCUT2D eigenvalue weighted by Crippen LogP contribution is 2.30. The van der Waals surface area contributed by atoms with Crippen LogP contribution in [0.5, 0.6) is 5.75 Å². The maximum atomic E-state index is 13.4. The first kappa shape index (κ1) is 22.4. The molecule has 0 fully saturated rings. The summed E-state index contributed by atoms with van der Waals surface area (Å²) in [5.41, 5.74) is 3.21. The van der Waals surface area contributed by atoms with Gasteiger partial charge in [0.25, 0.3) is 0 Å². The van der Waals surface area contributed by atoms with E-state index in [1.165, 1.54) is 0 Å². The smallest absolute Gasteiger partial charge is 0.223 e. The number of benzene rings is 3. The van der Waals surface area contributed by atoms with Crippen LogP contribution >= 0.6 is 0 Å². The number of nitrogens with zero attached hydrogens (tertiary/aromatic N) is 1. The number of rotatable bonds is 9. The van der Waals surface area contributed by atoms with Crippen molar-refractivity contribution in [2.24, 2.45) is 5.92 Å². The Morgan fingerprint density at radius 1 is 0.871 bits per heavy atom. The van der Waals surface area contributed by atoms with E-state index in [-0.39, 0.29) is 11.9 Å². The maximum absolute atomic E-state index is 13.4. The fourth-order valence-corrected chi connectivity index (χ4v) is 3.74. The Morgan fingerprint density at radius 3 is 1.97 bits per heavy atom. The predicted octanol–water partition coefficient (Wildman–Crippen LogP) is 6.37. The standard InChI is InChI=1S/C28H31NO2/c1-22(2)21-27(30)29(20-12-18-23-13-10-11-19-26(23)31-3)28(24-14-6-4-7-15-24)25-16-8-5-9-17-25/h4-19,22,28H,20-21H2,1-3H3/b18-12+. The summed E-state index contributed by atoms with van der Waals surface area (Å²) in [5, 5.41) is 0. The van der Waals surface area contributed by atoms with E-state index in [2.05, 4.69) is 44.2 Å². The van der Waals surface area contributed by atoms with E-state index in [9.17, 15) is 4.79 Å². The first-order valence-electron chi connectivity index (χ1n) is 10.8. The Hall–Kier alpha value is -3.33. The molecule has 160 valence electrons. The Bertz CT molecular complexity index is 941. The SMILES string of the molecule is COc1ccccc1/C=C/CN(C(=O)CC(C)C)C(c1ccccc1)c1ccccc1. The summed E-state index contributed by atoms with van der Waals surface area (Å²) in [6, 6.07) is 28.3. The highest BCUT2D eigenvalue weighted by Gasteiger charge is 2.26. The lowest BCUT2D eigenvalue weighted by Gasteiger charge is -2.32. The molecule has 3 aromatic rings. The van der Waals surface area contributed by atoms with Crippen molar-refractivity contribution in [1.82, 2.24) is 4.90 Å². The number of ether oxygens (including phenoxy) is 1. The van der Waals surface area contributed by atoms with Crippen molar-refractivity contribution in [3.8, 4) is 5.75 Å². The topological polar surface area (TPSA) is 29.5 Å². The highest BCUT2D eigenvalue weighted by molar-refractivity contribution is 5.78. The lowest BCUT2D eigenvalue weighted by Crippen LogP contribution is -2.36. The summed E-state index contributed by atoms with van der Waals surface area (Å²) in [6.07, 6.45) is 4.59. The fourth-order valence-electron chi connectivity index (χ4n) is 3.74. The van der Waals surface area contributed by atoms with E-state index in [1.807, 2.05) is 71.6 Å². The van der Waals surface area contributed by atoms with Crippen LogP contribution in [0.3, 0.4) is 0 Å². The molecule has 0 saturated heterocycles. The molecule has 3 nitrogen and oxygen atoms in total. The first-order valence-corrected chi connectivity index (χ1v) is 10.8. The van der Waals surface area contributed by atoms with Crippen LogP contribution in [-0.2, 0) is 4.79 Å². The van der Waals surface area contributed by atoms with Crippen molar-refractivity contribution in [3.63, 3.8) is 0 Å². The quantitative estimate of drug-likeness (QED) is 0.408. The third kappa shape index (κ3) is 6.08. The normalized spacial score (nSPS) is 11.3. The lowest BCUT2D eigenvalue weighted by molar-refractivity contribution is -0.133. The predicted molar refractivity (Wildman–Crippen MR) is 128 cm³/mol. The lowest BCUT2D eigenvalue weighted by atomic mass is 9.96. The van der Waals surface area contributed by atoms with E-state index in [4.69, 9.17) is 4.74 Å². The largest absolute Gasteiger partial charge is 0.496 e. The van der Waals surface area contributed by atoms with Gasteiger partial charge in [-0.3, -0.25) is 4.79 Å². The first-order chi connectivity index (χ1) is 15.1. The minimum atomic E-state index is -0.143. The minimum Gasteiger partial charge on any atom is -0.496 e. The molecule has 0 saturated carbocycles. The van der Waals surface area contributed by atoms with Gasteiger partial charge >= 0.3 is 0 Å². The average Bonchev–Trinajstić information content (AvgIpc) is 2.79. The zero-order valence-electron chi connectivity index (χ0n) is 18.6. The van der Waals surface area contributed by atoms with Crippen molar-refractivity contribution in [2.45, 2.75) is 26.3 Å². The van der Waals surface area contributed by atoms with Crippen LogP contribution < -0.4 is 4.74 Å². The molecule has 0 atom stereocenters. The summed E-state index contributed by atoms with van der Waals surface area (Å²) in [4.78, 5) is 15.4. The molecule has 0 aromatic heterocycles. The molecule has 3 rings (SSSR count). The van der Waals surface area contributed by atoms with E-state index < -0.39 is 0 Å². The second-order valence-electron chi connectivity index (χ2n) is 8.01. The van der Waals surface area contributed by atoms with Crippen LogP contribution in [0.2, 0.25) is 0 Å². The van der Waals surface area contributed by atoms with Gasteiger partial charge < -0.3 is 9.64 Å². The van der Waals surface area contributed by atoms with Gasteiger partial charge in [0.15, 0.2) is 0 Å². The zero-order chi connectivity index (χ0) is 22.1. The number of carbonyl (C=O) groups is 1. The summed E-state index contributed by atoms with van der Waals surface area (Å²) < 4.78 is 5.46. The Balaban J connectivity index is 1.97. The van der Waals surface area contributed by atoms with Gasteiger partial charge in [0.2, 0.25) is 5.91 Å². The van der Waals surface area contributed by atoms with Crippen LogP contribution in [0, 0.1) is 5.92 Å². The number of para-hydroxylation sites is 1. The van der Waals surface area contributed by atoms with Crippen LogP contribution in [0.1, 0.15) is 43.0 Å². The van der Waals surface area contributed by atoms with Crippen molar-refractivity contribution >= 4 is 12.0 Å². The van der Waals surface area contributed by atoms with Crippen LogP contribution in [0.15, 0.2) is 91.0 Å². The zero-order valence-corrected chi connectivity index (χ0v) is 18.6. The molecule has 0 unspecified atom stereocenters. The maximum Gasteiger partial charge on any atom is 0.223 e. The summed E-state index contributed by atoms with van der Waals surface area (Å²) in [7, 11) is 1.67. The van der Waals surface area contributed by atoms with Crippen molar-refractivity contribution in [1.29, 1.82) is 0 Å². The minimum absolute atomic E-state index is 0.143. The van der Waals surface area contributed by atoms with Gasteiger partial charge in [0.05, 0.1) is 13.2 Å². The molecule has 0 aliphatic rings. The van der Waals surface area contributed by atoms with Gasteiger partial charge in [0, 0.05) is 18.5 Å². The number of hydrogen-bond acceptors (Lipinski definition) is 2. The molecule has 0 aliphatic carbocycles. The van der Waals surface area contributed by atoms with Gasteiger partial charge in [-0.25, -0.2) is 0 Å².